The van der Waals surface area contributed by atoms with Crippen LogP contribution in [0.3, 0.4) is 0 Å². The number of rotatable bonds is 4. The average molecular weight is 233 g/mol. The van der Waals surface area contributed by atoms with Gasteiger partial charge in [0.05, 0.1) is 6.20 Å². The Kier molecular flexibility index (Phi) is 3.96. The maximum absolute atomic E-state index is 12.0. The number of anilines is 1. The fourth-order valence-corrected chi connectivity index (χ4v) is 2.09. The summed E-state index contributed by atoms with van der Waals surface area (Å²) in [4.78, 5) is 12.0. The highest BCUT2D eigenvalue weighted by molar-refractivity contribution is 5.91. The first-order valence-electron chi connectivity index (χ1n) is 6.29. The van der Waals surface area contributed by atoms with Gasteiger partial charge in [0.1, 0.15) is 5.82 Å². The Morgan fingerprint density at radius 1 is 1.59 bits per heavy atom. The highest BCUT2D eigenvalue weighted by Crippen LogP contribution is 2.20. The molecule has 1 heterocycles. The van der Waals surface area contributed by atoms with Gasteiger partial charge in [0.25, 0.3) is 0 Å². The van der Waals surface area contributed by atoms with E-state index in [1.807, 2.05) is 10.7 Å². The minimum atomic E-state index is 0.116. The highest BCUT2D eigenvalue weighted by atomic mass is 16.2. The van der Waals surface area contributed by atoms with E-state index in [0.717, 1.165) is 38.0 Å². The summed E-state index contributed by atoms with van der Waals surface area (Å²) < 4.78 is 1.84. The van der Waals surface area contributed by atoms with Crippen LogP contribution in [0.2, 0.25) is 0 Å². The average Bonchev–Trinajstić information content (AvgIpc) is 2.78. The number of nitrogens with zero attached hydrogens (tertiary/aromatic N) is 2. The third-order valence-electron chi connectivity index (χ3n) is 3.04. The summed E-state index contributed by atoms with van der Waals surface area (Å²) in [5.41, 5.74) is 0. The van der Waals surface area contributed by atoms with E-state index in [9.17, 15) is 4.79 Å². The van der Waals surface area contributed by atoms with Crippen molar-refractivity contribution in [3.8, 4) is 0 Å². The lowest BCUT2D eigenvalue weighted by molar-refractivity contribution is -0.120. The second-order valence-corrected chi connectivity index (χ2v) is 4.41. The monoisotopic (exact) mass is 233 g/mol. The zero-order valence-corrected chi connectivity index (χ0v) is 10.2. The zero-order valence-electron chi connectivity index (χ0n) is 10.2. The van der Waals surface area contributed by atoms with E-state index in [1.54, 1.807) is 6.20 Å². The lowest BCUT2D eigenvalue weighted by Gasteiger charge is -2.17. The van der Waals surface area contributed by atoms with E-state index in [4.69, 9.17) is 0 Å². The molecule has 1 atom stereocenters. The fourth-order valence-electron chi connectivity index (χ4n) is 2.09. The number of aryl methyl sites for hydroxylation is 1. The van der Waals surface area contributed by atoms with Crippen molar-refractivity contribution in [1.82, 2.24) is 9.78 Å². The fraction of sp³-hybridized carbons (Fsp3) is 0.538. The molecule has 0 fully saturated rings. The summed E-state index contributed by atoms with van der Waals surface area (Å²) in [6.07, 6.45) is 9.79. The molecule has 1 aliphatic rings. The van der Waals surface area contributed by atoms with Gasteiger partial charge in [0.15, 0.2) is 0 Å². The van der Waals surface area contributed by atoms with E-state index in [1.165, 1.54) is 0 Å². The van der Waals surface area contributed by atoms with Gasteiger partial charge in [0.2, 0.25) is 5.91 Å². The van der Waals surface area contributed by atoms with Crippen molar-refractivity contribution in [2.75, 3.05) is 5.32 Å². The van der Waals surface area contributed by atoms with Crippen LogP contribution in [0.15, 0.2) is 24.4 Å². The molecule has 1 aliphatic carbocycles. The summed E-state index contributed by atoms with van der Waals surface area (Å²) in [6.45, 7) is 2.94. The molecule has 0 aromatic carbocycles. The number of nitrogens with one attached hydrogen (secondary N) is 1. The molecule has 2 rings (SSSR count). The molecule has 1 unspecified atom stereocenters. The summed E-state index contributed by atoms with van der Waals surface area (Å²) >= 11 is 0. The molecule has 0 saturated carbocycles. The van der Waals surface area contributed by atoms with E-state index >= 15 is 0 Å². The molecule has 4 heteroatoms. The van der Waals surface area contributed by atoms with Crippen molar-refractivity contribution in [3.05, 3.63) is 24.4 Å². The molecule has 1 aromatic rings. The van der Waals surface area contributed by atoms with Gasteiger partial charge in [-0.1, -0.05) is 19.1 Å². The Labute approximate surface area is 102 Å². The van der Waals surface area contributed by atoms with Gasteiger partial charge in [-0.05, 0) is 25.7 Å². The molecule has 4 nitrogen and oxygen atoms in total. The zero-order chi connectivity index (χ0) is 12.1. The minimum absolute atomic E-state index is 0.116. The first-order chi connectivity index (χ1) is 8.31. The molecule has 1 amide bonds. The maximum Gasteiger partial charge on any atom is 0.228 e. The smallest absolute Gasteiger partial charge is 0.228 e. The van der Waals surface area contributed by atoms with Crippen LogP contribution in [0.1, 0.15) is 32.6 Å². The van der Waals surface area contributed by atoms with Crippen molar-refractivity contribution < 1.29 is 4.79 Å². The van der Waals surface area contributed by atoms with Gasteiger partial charge in [-0.3, -0.25) is 4.79 Å². The van der Waals surface area contributed by atoms with E-state index in [-0.39, 0.29) is 11.8 Å². The van der Waals surface area contributed by atoms with Crippen molar-refractivity contribution >= 4 is 11.7 Å². The molecule has 0 aliphatic heterocycles. The number of amides is 1. The topological polar surface area (TPSA) is 46.9 Å². The summed E-state index contributed by atoms with van der Waals surface area (Å²) in [7, 11) is 0. The molecule has 92 valence electrons. The van der Waals surface area contributed by atoms with Gasteiger partial charge in [0, 0.05) is 18.5 Å². The molecule has 0 saturated heterocycles. The Bertz CT molecular complexity index is 409. The van der Waals surface area contributed by atoms with Crippen LogP contribution in [0.5, 0.6) is 0 Å². The van der Waals surface area contributed by atoms with Crippen LogP contribution in [0.4, 0.5) is 5.82 Å². The van der Waals surface area contributed by atoms with Gasteiger partial charge < -0.3 is 5.32 Å². The van der Waals surface area contributed by atoms with Crippen molar-refractivity contribution in [2.45, 2.75) is 39.2 Å². The molecule has 0 spiro atoms. The Balaban J connectivity index is 1.97. The van der Waals surface area contributed by atoms with Crippen LogP contribution < -0.4 is 5.32 Å². The lowest BCUT2D eigenvalue weighted by atomic mass is 9.94. The number of aromatic nitrogens is 2. The second-order valence-electron chi connectivity index (χ2n) is 4.41. The van der Waals surface area contributed by atoms with Gasteiger partial charge in [-0.15, -0.1) is 0 Å². The SMILES string of the molecule is CCCn1nccc1NC(=O)C1CC=CCC1. The largest absolute Gasteiger partial charge is 0.311 e. The minimum Gasteiger partial charge on any atom is -0.311 e. The molecular weight excluding hydrogens is 214 g/mol. The van der Waals surface area contributed by atoms with E-state index in [2.05, 4.69) is 29.5 Å². The predicted molar refractivity (Wildman–Crippen MR) is 67.6 cm³/mol. The molecular formula is C13H19N3O. The predicted octanol–water partition coefficient (Wildman–Crippen LogP) is 2.59. The number of allylic oxidation sites excluding steroid dienone is 2. The third kappa shape index (κ3) is 2.96. The number of carbonyl (C=O) groups excluding carboxylic acids is 1. The molecule has 1 N–H and O–H groups in total. The summed E-state index contributed by atoms with van der Waals surface area (Å²) in [5, 5.41) is 7.16. The first-order valence-corrected chi connectivity index (χ1v) is 6.29. The molecule has 1 aromatic heterocycles. The van der Waals surface area contributed by atoms with Gasteiger partial charge in [-0.25, -0.2) is 4.68 Å². The third-order valence-corrected chi connectivity index (χ3v) is 3.04. The summed E-state index contributed by atoms with van der Waals surface area (Å²) in [6, 6.07) is 1.85. The summed E-state index contributed by atoms with van der Waals surface area (Å²) in [5.74, 6) is 1.04. The second kappa shape index (κ2) is 5.66. The maximum atomic E-state index is 12.0. The van der Waals surface area contributed by atoms with Crippen LogP contribution in [-0.4, -0.2) is 15.7 Å². The van der Waals surface area contributed by atoms with Crippen molar-refractivity contribution in [1.29, 1.82) is 0 Å². The van der Waals surface area contributed by atoms with Gasteiger partial charge >= 0.3 is 0 Å². The molecule has 17 heavy (non-hydrogen) atoms. The number of hydrogen-bond acceptors (Lipinski definition) is 2. The highest BCUT2D eigenvalue weighted by Gasteiger charge is 2.19. The van der Waals surface area contributed by atoms with Gasteiger partial charge in [-0.2, -0.15) is 5.10 Å². The Morgan fingerprint density at radius 2 is 2.47 bits per heavy atom. The van der Waals surface area contributed by atoms with E-state index < -0.39 is 0 Å². The Hall–Kier alpha value is -1.58. The van der Waals surface area contributed by atoms with E-state index in [0.29, 0.717) is 0 Å². The van der Waals surface area contributed by atoms with Crippen LogP contribution in [0.25, 0.3) is 0 Å². The lowest BCUT2D eigenvalue weighted by Crippen LogP contribution is -2.25. The van der Waals surface area contributed by atoms with Crippen LogP contribution in [0, 0.1) is 5.92 Å². The molecule has 0 radical (unpaired) electrons. The number of hydrogen-bond donors (Lipinski definition) is 1. The normalized spacial score (nSPS) is 19.2. The Morgan fingerprint density at radius 3 is 3.18 bits per heavy atom. The quantitative estimate of drug-likeness (QED) is 0.812. The molecule has 0 bridgehead atoms. The van der Waals surface area contributed by atoms with Crippen molar-refractivity contribution in [3.63, 3.8) is 0 Å². The first kappa shape index (κ1) is 11.9. The van der Waals surface area contributed by atoms with Crippen LogP contribution >= 0.6 is 0 Å². The number of carbonyl (C=O) groups is 1. The van der Waals surface area contributed by atoms with Crippen LogP contribution in [-0.2, 0) is 11.3 Å². The standard InChI is InChI=1S/C13H19N3O/c1-2-10-16-12(8-9-14-16)15-13(17)11-6-4-3-5-7-11/h3-4,8-9,11H,2,5-7,10H2,1H3,(H,15,17). The van der Waals surface area contributed by atoms with Crippen molar-refractivity contribution in [2.24, 2.45) is 5.92 Å².